The molecule has 0 unspecified atom stereocenters. The number of carboxylic acids is 1. The van der Waals surface area contributed by atoms with Crippen molar-refractivity contribution in [3.8, 4) is 0 Å². The van der Waals surface area contributed by atoms with Crippen LogP contribution in [0.5, 0.6) is 0 Å². The summed E-state index contributed by atoms with van der Waals surface area (Å²) in [5, 5.41) is 9.95. The summed E-state index contributed by atoms with van der Waals surface area (Å²) < 4.78 is 0. The van der Waals surface area contributed by atoms with Crippen LogP contribution in [0, 0.1) is 0 Å². The van der Waals surface area contributed by atoms with E-state index in [0.29, 0.717) is 5.56 Å². The smallest absolute Gasteiger partial charge is 0.336 e. The third kappa shape index (κ3) is 1.06. The van der Waals surface area contributed by atoms with E-state index in [-0.39, 0.29) is 0 Å². The number of hydrogen-bond acceptors (Lipinski definition) is 2. The lowest BCUT2D eigenvalue weighted by Crippen LogP contribution is -2.17. The number of fused-ring (bicyclic) bond motifs is 2. The molecule has 2 aromatic rings. The third-order valence-electron chi connectivity index (χ3n) is 2.90. The molecule has 1 N–H and O–H groups in total. The van der Waals surface area contributed by atoms with E-state index in [1.807, 2.05) is 24.3 Å². The van der Waals surface area contributed by atoms with Crippen molar-refractivity contribution in [1.29, 1.82) is 0 Å². The van der Waals surface area contributed by atoms with Gasteiger partial charge in [0.05, 0.1) is 11.1 Å². The van der Waals surface area contributed by atoms with E-state index >= 15 is 0 Å². The third-order valence-corrected chi connectivity index (χ3v) is 2.90. The predicted molar refractivity (Wildman–Crippen MR) is 56.1 cm³/mol. The summed E-state index contributed by atoms with van der Waals surface area (Å²) in [6.45, 7) is 0. The summed E-state index contributed by atoms with van der Waals surface area (Å²) in [6, 6.07) is 7.41. The van der Waals surface area contributed by atoms with Gasteiger partial charge in [0.1, 0.15) is 0 Å². The SMILES string of the molecule is O=C(O)c1c2c(nc3ccccc13)CC2. The summed E-state index contributed by atoms with van der Waals surface area (Å²) in [4.78, 5) is 15.6. The molecule has 0 bridgehead atoms. The first-order valence-electron chi connectivity index (χ1n) is 4.91. The zero-order valence-corrected chi connectivity index (χ0v) is 8.03. The van der Waals surface area contributed by atoms with Gasteiger partial charge in [0.15, 0.2) is 0 Å². The van der Waals surface area contributed by atoms with Crippen molar-refractivity contribution in [2.75, 3.05) is 0 Å². The Hall–Kier alpha value is -1.90. The quantitative estimate of drug-likeness (QED) is 0.764. The topological polar surface area (TPSA) is 50.2 Å². The zero-order valence-electron chi connectivity index (χ0n) is 8.03. The van der Waals surface area contributed by atoms with Crippen molar-refractivity contribution in [3.63, 3.8) is 0 Å². The molecule has 3 nitrogen and oxygen atoms in total. The Kier molecular flexibility index (Phi) is 1.57. The van der Waals surface area contributed by atoms with Crippen molar-refractivity contribution in [3.05, 3.63) is 41.1 Å². The number of rotatable bonds is 1. The van der Waals surface area contributed by atoms with Crippen LogP contribution in [0.3, 0.4) is 0 Å². The summed E-state index contributed by atoms with van der Waals surface area (Å²) in [7, 11) is 0. The predicted octanol–water partition coefficient (Wildman–Crippen LogP) is 2.03. The number of para-hydroxylation sites is 1. The highest BCUT2D eigenvalue weighted by atomic mass is 16.4. The lowest BCUT2D eigenvalue weighted by Gasteiger charge is -2.21. The fourth-order valence-electron chi connectivity index (χ4n) is 2.09. The van der Waals surface area contributed by atoms with E-state index in [9.17, 15) is 9.90 Å². The normalized spacial score (nSPS) is 13.3. The number of benzene rings is 1. The first-order valence-corrected chi connectivity index (χ1v) is 4.91. The number of aromatic nitrogens is 1. The van der Waals surface area contributed by atoms with Crippen molar-refractivity contribution in [2.45, 2.75) is 12.8 Å². The molecular formula is C12H9NO2. The first kappa shape index (κ1) is 8.41. The highest BCUT2D eigenvalue weighted by Gasteiger charge is 2.24. The first-order chi connectivity index (χ1) is 7.27. The maximum absolute atomic E-state index is 11.2. The lowest BCUT2D eigenvalue weighted by molar-refractivity contribution is 0.0697. The van der Waals surface area contributed by atoms with E-state index in [1.165, 1.54) is 0 Å². The van der Waals surface area contributed by atoms with Gasteiger partial charge in [-0.3, -0.25) is 4.98 Å². The molecule has 1 heterocycles. The fourth-order valence-corrected chi connectivity index (χ4v) is 2.09. The molecule has 0 fully saturated rings. The van der Waals surface area contributed by atoms with Crippen LogP contribution in [0.15, 0.2) is 24.3 Å². The standard InChI is InChI=1S/C12H9NO2/c14-12(15)11-7-3-1-2-4-9(7)13-10-6-5-8(10)11/h1-4H,5-6H2,(H,14,15). The largest absolute Gasteiger partial charge is 0.478 e. The molecule has 1 aliphatic rings. The molecule has 0 atom stereocenters. The number of hydrogen-bond donors (Lipinski definition) is 1. The molecule has 3 heteroatoms. The lowest BCUT2D eigenvalue weighted by atomic mass is 9.87. The van der Waals surface area contributed by atoms with E-state index in [2.05, 4.69) is 4.98 Å². The van der Waals surface area contributed by atoms with Crippen LogP contribution >= 0.6 is 0 Å². The fraction of sp³-hybridized carbons (Fsp3) is 0.167. The Morgan fingerprint density at radius 2 is 2.07 bits per heavy atom. The Labute approximate surface area is 86.4 Å². The van der Waals surface area contributed by atoms with Crippen LogP contribution in [-0.2, 0) is 12.8 Å². The molecule has 1 aromatic heterocycles. The Morgan fingerprint density at radius 1 is 1.27 bits per heavy atom. The van der Waals surface area contributed by atoms with Gasteiger partial charge in [0, 0.05) is 11.1 Å². The maximum Gasteiger partial charge on any atom is 0.336 e. The van der Waals surface area contributed by atoms with Gasteiger partial charge in [-0.25, -0.2) is 4.79 Å². The summed E-state index contributed by atoms with van der Waals surface area (Å²) in [6.07, 6.45) is 1.75. The number of carbonyl (C=O) groups is 1. The van der Waals surface area contributed by atoms with E-state index in [4.69, 9.17) is 0 Å². The van der Waals surface area contributed by atoms with E-state index < -0.39 is 5.97 Å². The van der Waals surface area contributed by atoms with Crippen LogP contribution < -0.4 is 0 Å². The molecule has 1 aromatic carbocycles. The van der Waals surface area contributed by atoms with Gasteiger partial charge >= 0.3 is 5.97 Å². The van der Waals surface area contributed by atoms with E-state index in [0.717, 1.165) is 35.0 Å². The van der Waals surface area contributed by atoms with Gasteiger partial charge in [-0.1, -0.05) is 18.2 Å². The molecule has 0 spiro atoms. The molecule has 1 aliphatic carbocycles. The van der Waals surface area contributed by atoms with Gasteiger partial charge < -0.3 is 5.11 Å². The minimum absolute atomic E-state index is 0.446. The average Bonchev–Trinajstić information content (AvgIpc) is 2.20. The molecule has 0 saturated heterocycles. The number of aryl methyl sites for hydroxylation is 1. The molecule has 74 valence electrons. The second-order valence-electron chi connectivity index (χ2n) is 3.73. The molecule has 0 amide bonds. The summed E-state index contributed by atoms with van der Waals surface area (Å²) in [5.41, 5.74) is 3.10. The molecule has 15 heavy (non-hydrogen) atoms. The van der Waals surface area contributed by atoms with Gasteiger partial charge in [0.25, 0.3) is 0 Å². The second-order valence-corrected chi connectivity index (χ2v) is 3.73. The Balaban J connectivity index is 2.47. The molecule has 0 aliphatic heterocycles. The average molecular weight is 199 g/mol. The van der Waals surface area contributed by atoms with Crippen LogP contribution in [0.25, 0.3) is 10.9 Å². The molecular weight excluding hydrogens is 190 g/mol. The summed E-state index contributed by atoms with van der Waals surface area (Å²) >= 11 is 0. The van der Waals surface area contributed by atoms with Crippen molar-refractivity contribution < 1.29 is 9.90 Å². The van der Waals surface area contributed by atoms with Crippen molar-refractivity contribution in [1.82, 2.24) is 4.98 Å². The maximum atomic E-state index is 11.2. The zero-order chi connectivity index (χ0) is 10.4. The highest BCUT2D eigenvalue weighted by Crippen LogP contribution is 2.30. The molecule has 0 radical (unpaired) electrons. The monoisotopic (exact) mass is 199 g/mol. The summed E-state index contributed by atoms with van der Waals surface area (Å²) in [5.74, 6) is -0.843. The number of carboxylic acid groups (broad SMARTS) is 1. The number of nitrogens with zero attached hydrogens (tertiary/aromatic N) is 1. The van der Waals surface area contributed by atoms with E-state index in [1.54, 1.807) is 0 Å². The van der Waals surface area contributed by atoms with Crippen LogP contribution in [0.4, 0.5) is 0 Å². The molecule has 0 saturated carbocycles. The van der Waals surface area contributed by atoms with Crippen LogP contribution in [-0.4, -0.2) is 16.1 Å². The minimum Gasteiger partial charge on any atom is -0.478 e. The van der Waals surface area contributed by atoms with Gasteiger partial charge in [-0.15, -0.1) is 0 Å². The van der Waals surface area contributed by atoms with Gasteiger partial charge in [0.2, 0.25) is 0 Å². The van der Waals surface area contributed by atoms with Gasteiger partial charge in [-0.2, -0.15) is 0 Å². The van der Waals surface area contributed by atoms with Crippen LogP contribution in [0.2, 0.25) is 0 Å². The Morgan fingerprint density at radius 3 is 2.73 bits per heavy atom. The number of aromatic carboxylic acids is 1. The van der Waals surface area contributed by atoms with Gasteiger partial charge in [-0.05, 0) is 24.5 Å². The van der Waals surface area contributed by atoms with Crippen molar-refractivity contribution >= 4 is 16.9 Å². The minimum atomic E-state index is -0.843. The molecule has 3 rings (SSSR count). The second kappa shape index (κ2) is 2.79. The highest BCUT2D eigenvalue weighted by molar-refractivity contribution is 6.04. The van der Waals surface area contributed by atoms with Crippen molar-refractivity contribution in [2.24, 2.45) is 0 Å². The Bertz CT molecular complexity index is 575. The van der Waals surface area contributed by atoms with Crippen LogP contribution in [0.1, 0.15) is 21.6 Å². The number of pyridine rings is 1.